The first kappa shape index (κ1) is 14.2. The number of ether oxygens (including phenoxy) is 1. The van der Waals surface area contributed by atoms with Crippen LogP contribution >= 0.6 is 0 Å². The summed E-state index contributed by atoms with van der Waals surface area (Å²) in [4.78, 5) is 0. The number of aryl methyl sites for hydroxylation is 1. The van der Waals surface area contributed by atoms with Crippen LogP contribution in [-0.4, -0.2) is 12.6 Å². The Balaban J connectivity index is 2.62. The highest BCUT2D eigenvalue weighted by atomic mass is 16.5. The Kier molecular flexibility index (Phi) is 5.66. The van der Waals surface area contributed by atoms with Crippen molar-refractivity contribution in [1.29, 1.82) is 0 Å². The molecule has 0 aliphatic carbocycles. The van der Waals surface area contributed by atoms with Crippen LogP contribution in [0.2, 0.25) is 0 Å². The fraction of sp³-hybridized carbons (Fsp3) is 0.600. The van der Waals surface area contributed by atoms with Crippen molar-refractivity contribution in [3.63, 3.8) is 0 Å². The summed E-state index contributed by atoms with van der Waals surface area (Å²) >= 11 is 0. The van der Waals surface area contributed by atoms with Gasteiger partial charge in [-0.15, -0.1) is 0 Å². The van der Waals surface area contributed by atoms with Gasteiger partial charge in [0, 0.05) is 6.54 Å². The normalized spacial score (nSPS) is 14.9. The maximum atomic E-state index is 6.01. The summed E-state index contributed by atoms with van der Waals surface area (Å²) in [6.45, 7) is 9.16. The second-order valence-corrected chi connectivity index (χ2v) is 5.21. The molecule has 1 aromatic carbocycles. The Morgan fingerprint density at radius 1 is 1.12 bits per heavy atom. The molecule has 17 heavy (non-hydrogen) atoms. The second kappa shape index (κ2) is 6.77. The lowest BCUT2D eigenvalue weighted by molar-refractivity contribution is -0.00840. The van der Waals surface area contributed by atoms with Gasteiger partial charge in [-0.05, 0) is 31.7 Å². The average molecular weight is 235 g/mol. The minimum absolute atomic E-state index is 0.0179. The van der Waals surface area contributed by atoms with E-state index in [-0.39, 0.29) is 12.2 Å². The summed E-state index contributed by atoms with van der Waals surface area (Å²) in [5.41, 5.74) is 8.24. The van der Waals surface area contributed by atoms with Crippen LogP contribution in [0.1, 0.15) is 44.4 Å². The van der Waals surface area contributed by atoms with Crippen molar-refractivity contribution in [2.24, 2.45) is 11.7 Å². The quantitative estimate of drug-likeness (QED) is 0.819. The summed E-state index contributed by atoms with van der Waals surface area (Å²) in [7, 11) is 0. The van der Waals surface area contributed by atoms with Gasteiger partial charge in [-0.3, -0.25) is 0 Å². The molecule has 2 unspecified atom stereocenters. The number of nitrogens with two attached hydrogens (primary N) is 1. The van der Waals surface area contributed by atoms with Crippen molar-refractivity contribution in [2.75, 3.05) is 6.54 Å². The van der Waals surface area contributed by atoms with Gasteiger partial charge in [0.05, 0.1) is 12.2 Å². The van der Waals surface area contributed by atoms with Crippen LogP contribution in [-0.2, 0) is 4.74 Å². The lowest BCUT2D eigenvalue weighted by Gasteiger charge is -2.23. The van der Waals surface area contributed by atoms with Gasteiger partial charge in [-0.2, -0.15) is 0 Å². The second-order valence-electron chi connectivity index (χ2n) is 5.21. The predicted molar refractivity (Wildman–Crippen MR) is 73.0 cm³/mol. The molecule has 0 fully saturated rings. The van der Waals surface area contributed by atoms with E-state index in [4.69, 9.17) is 10.5 Å². The van der Waals surface area contributed by atoms with E-state index in [0.29, 0.717) is 12.5 Å². The molecule has 2 heteroatoms. The van der Waals surface area contributed by atoms with E-state index in [1.54, 1.807) is 0 Å². The largest absolute Gasteiger partial charge is 0.369 e. The molecule has 1 rings (SSSR count). The standard InChI is InChI=1S/C15H25NO/c1-11(2)9-13(4)17-15(10-16)14-7-5-12(3)6-8-14/h5-8,11,13,15H,9-10,16H2,1-4H3. The molecule has 0 saturated heterocycles. The van der Waals surface area contributed by atoms with E-state index in [2.05, 4.69) is 52.0 Å². The van der Waals surface area contributed by atoms with Crippen molar-refractivity contribution < 1.29 is 4.74 Å². The molecule has 0 aliphatic rings. The lowest BCUT2D eigenvalue weighted by atomic mass is 10.1. The Bertz CT molecular complexity index is 318. The van der Waals surface area contributed by atoms with Crippen LogP contribution in [0.25, 0.3) is 0 Å². The molecule has 2 nitrogen and oxygen atoms in total. The van der Waals surface area contributed by atoms with Gasteiger partial charge in [0.2, 0.25) is 0 Å². The van der Waals surface area contributed by atoms with Crippen LogP contribution < -0.4 is 5.73 Å². The van der Waals surface area contributed by atoms with Gasteiger partial charge in [0.25, 0.3) is 0 Å². The minimum Gasteiger partial charge on any atom is -0.369 e. The van der Waals surface area contributed by atoms with Gasteiger partial charge in [-0.1, -0.05) is 43.7 Å². The molecule has 0 amide bonds. The predicted octanol–water partition coefficient (Wildman–Crippen LogP) is 3.45. The summed E-state index contributed by atoms with van der Waals surface area (Å²) in [5.74, 6) is 0.654. The molecule has 0 aliphatic heterocycles. The first-order valence-corrected chi connectivity index (χ1v) is 6.45. The Hall–Kier alpha value is -0.860. The molecule has 1 aromatic rings. The van der Waals surface area contributed by atoms with Gasteiger partial charge in [0.1, 0.15) is 0 Å². The SMILES string of the molecule is Cc1ccc(C(CN)OC(C)CC(C)C)cc1. The molecule has 0 spiro atoms. The van der Waals surface area contributed by atoms with Gasteiger partial charge < -0.3 is 10.5 Å². The van der Waals surface area contributed by atoms with Crippen LogP contribution in [0.5, 0.6) is 0 Å². The third kappa shape index (κ3) is 4.88. The highest BCUT2D eigenvalue weighted by Crippen LogP contribution is 2.21. The molecule has 2 N–H and O–H groups in total. The van der Waals surface area contributed by atoms with Gasteiger partial charge in [0.15, 0.2) is 0 Å². The number of rotatable bonds is 6. The summed E-state index contributed by atoms with van der Waals surface area (Å²) in [5, 5.41) is 0. The van der Waals surface area contributed by atoms with Crippen molar-refractivity contribution in [1.82, 2.24) is 0 Å². The van der Waals surface area contributed by atoms with Crippen molar-refractivity contribution in [3.05, 3.63) is 35.4 Å². The molecule has 0 heterocycles. The minimum atomic E-state index is 0.0179. The topological polar surface area (TPSA) is 35.2 Å². The molecule has 0 aromatic heterocycles. The Labute approximate surface area is 105 Å². The molecule has 96 valence electrons. The fourth-order valence-electron chi connectivity index (χ4n) is 2.05. The molecular weight excluding hydrogens is 210 g/mol. The highest BCUT2D eigenvalue weighted by molar-refractivity contribution is 5.23. The highest BCUT2D eigenvalue weighted by Gasteiger charge is 2.14. The lowest BCUT2D eigenvalue weighted by Crippen LogP contribution is -2.22. The van der Waals surface area contributed by atoms with E-state index in [1.165, 1.54) is 11.1 Å². The molecule has 0 saturated carbocycles. The smallest absolute Gasteiger partial charge is 0.0950 e. The van der Waals surface area contributed by atoms with E-state index in [9.17, 15) is 0 Å². The van der Waals surface area contributed by atoms with E-state index >= 15 is 0 Å². The van der Waals surface area contributed by atoms with Crippen molar-refractivity contribution >= 4 is 0 Å². The fourth-order valence-corrected chi connectivity index (χ4v) is 2.05. The monoisotopic (exact) mass is 235 g/mol. The van der Waals surface area contributed by atoms with Crippen LogP contribution in [0.15, 0.2) is 24.3 Å². The first-order valence-electron chi connectivity index (χ1n) is 6.45. The molecule has 0 bridgehead atoms. The van der Waals surface area contributed by atoms with Gasteiger partial charge in [-0.25, -0.2) is 0 Å². The maximum absolute atomic E-state index is 6.01. The number of hydrogen-bond acceptors (Lipinski definition) is 2. The zero-order chi connectivity index (χ0) is 12.8. The molecular formula is C15H25NO. The Morgan fingerprint density at radius 2 is 1.71 bits per heavy atom. The summed E-state index contributed by atoms with van der Waals surface area (Å²) < 4.78 is 6.01. The van der Waals surface area contributed by atoms with Crippen molar-refractivity contribution in [3.8, 4) is 0 Å². The van der Waals surface area contributed by atoms with Crippen LogP contribution in [0.3, 0.4) is 0 Å². The average Bonchev–Trinajstić information content (AvgIpc) is 2.26. The number of benzene rings is 1. The van der Waals surface area contributed by atoms with E-state index in [1.807, 2.05) is 0 Å². The zero-order valence-electron chi connectivity index (χ0n) is 11.4. The maximum Gasteiger partial charge on any atom is 0.0950 e. The van der Waals surface area contributed by atoms with E-state index < -0.39 is 0 Å². The van der Waals surface area contributed by atoms with Crippen LogP contribution in [0.4, 0.5) is 0 Å². The molecule has 2 atom stereocenters. The first-order chi connectivity index (χ1) is 8.02. The molecule has 0 radical (unpaired) electrons. The zero-order valence-corrected chi connectivity index (χ0v) is 11.4. The summed E-state index contributed by atoms with van der Waals surface area (Å²) in [6, 6.07) is 8.42. The number of hydrogen-bond donors (Lipinski definition) is 1. The third-order valence-corrected chi connectivity index (χ3v) is 2.86. The Morgan fingerprint density at radius 3 is 2.18 bits per heavy atom. The van der Waals surface area contributed by atoms with Crippen LogP contribution in [0, 0.1) is 12.8 Å². The van der Waals surface area contributed by atoms with Crippen molar-refractivity contribution in [2.45, 2.75) is 46.3 Å². The third-order valence-electron chi connectivity index (χ3n) is 2.86. The summed E-state index contributed by atoms with van der Waals surface area (Å²) in [6.07, 6.45) is 1.34. The van der Waals surface area contributed by atoms with Gasteiger partial charge >= 0.3 is 0 Å². The van der Waals surface area contributed by atoms with E-state index in [0.717, 1.165) is 6.42 Å².